The molecule has 0 saturated heterocycles. The first-order chi connectivity index (χ1) is 8.87. The van der Waals surface area contributed by atoms with Crippen LogP contribution in [0.5, 0.6) is 0 Å². The van der Waals surface area contributed by atoms with E-state index in [-0.39, 0.29) is 23.2 Å². The summed E-state index contributed by atoms with van der Waals surface area (Å²) in [5.74, 6) is -0.159. The van der Waals surface area contributed by atoms with Crippen LogP contribution in [0.4, 0.5) is 5.69 Å². The van der Waals surface area contributed by atoms with Crippen molar-refractivity contribution >= 4 is 34.0 Å². The molecule has 0 aliphatic heterocycles. The summed E-state index contributed by atoms with van der Waals surface area (Å²) in [6, 6.07) is 6.21. The van der Waals surface area contributed by atoms with Crippen molar-refractivity contribution in [3.8, 4) is 0 Å². The lowest BCUT2D eigenvalue weighted by atomic mass is 10.3. The number of halogens is 1. The summed E-state index contributed by atoms with van der Waals surface area (Å²) < 4.78 is 25.0. The number of anilines is 1. The maximum Gasteiger partial charge on any atom is 0.242 e. The number of nitrogens with zero attached hydrogens (tertiary/aromatic N) is 1. The maximum atomic E-state index is 11.9. The van der Waals surface area contributed by atoms with E-state index in [2.05, 4.69) is 10.6 Å². The van der Waals surface area contributed by atoms with Crippen LogP contribution in [0.3, 0.4) is 0 Å². The summed E-state index contributed by atoms with van der Waals surface area (Å²) in [6.07, 6.45) is 0.334. The second kappa shape index (κ2) is 8.21. The van der Waals surface area contributed by atoms with Gasteiger partial charge in [0.1, 0.15) is 0 Å². The first-order valence-corrected chi connectivity index (χ1v) is 7.29. The molecule has 1 rings (SSSR count). The summed E-state index contributed by atoms with van der Waals surface area (Å²) in [6.45, 7) is 0.571. The molecule has 0 atom stereocenters. The van der Waals surface area contributed by atoms with Gasteiger partial charge in [-0.2, -0.15) is 0 Å². The SMILES string of the molecule is CNCCC(=O)Nc1cccc(S(=O)(=O)N(C)C)c1.Cl. The van der Waals surface area contributed by atoms with Gasteiger partial charge in [-0.05, 0) is 25.2 Å². The Morgan fingerprint density at radius 1 is 1.30 bits per heavy atom. The zero-order valence-electron chi connectivity index (χ0n) is 11.7. The molecule has 0 aliphatic carbocycles. The lowest BCUT2D eigenvalue weighted by molar-refractivity contribution is -0.116. The highest BCUT2D eigenvalue weighted by atomic mass is 35.5. The predicted octanol–water partition coefficient (Wildman–Crippen LogP) is 0.907. The van der Waals surface area contributed by atoms with Crippen molar-refractivity contribution in [3.05, 3.63) is 24.3 Å². The molecular weight excluding hydrogens is 302 g/mol. The Bertz CT molecular complexity index is 547. The van der Waals surface area contributed by atoms with Crippen LogP contribution in [0, 0.1) is 0 Å². The minimum absolute atomic E-state index is 0. The minimum atomic E-state index is -3.48. The van der Waals surface area contributed by atoms with Crippen molar-refractivity contribution < 1.29 is 13.2 Å². The largest absolute Gasteiger partial charge is 0.326 e. The Hall–Kier alpha value is -1.15. The molecule has 0 aromatic heterocycles. The quantitative estimate of drug-likeness (QED) is 0.816. The molecule has 2 N–H and O–H groups in total. The number of hydrogen-bond acceptors (Lipinski definition) is 4. The number of amides is 1. The van der Waals surface area contributed by atoms with Crippen LogP contribution >= 0.6 is 12.4 Å². The summed E-state index contributed by atoms with van der Waals surface area (Å²) in [5.41, 5.74) is 0.476. The summed E-state index contributed by atoms with van der Waals surface area (Å²) >= 11 is 0. The van der Waals surface area contributed by atoms with E-state index >= 15 is 0 Å². The van der Waals surface area contributed by atoms with Gasteiger partial charge in [0.15, 0.2) is 0 Å². The van der Waals surface area contributed by atoms with Crippen molar-refractivity contribution in [2.75, 3.05) is 33.0 Å². The number of sulfonamides is 1. The fourth-order valence-electron chi connectivity index (χ4n) is 1.41. The Morgan fingerprint density at radius 3 is 2.50 bits per heavy atom. The molecule has 1 aromatic carbocycles. The molecule has 114 valence electrons. The van der Waals surface area contributed by atoms with E-state index in [1.807, 2.05) is 0 Å². The molecule has 0 saturated carbocycles. The molecule has 0 unspecified atom stereocenters. The average molecular weight is 322 g/mol. The normalized spacial score (nSPS) is 11.0. The lowest BCUT2D eigenvalue weighted by Crippen LogP contribution is -2.22. The van der Waals surface area contributed by atoms with E-state index in [9.17, 15) is 13.2 Å². The molecule has 0 heterocycles. The molecule has 0 bridgehead atoms. The number of benzene rings is 1. The van der Waals surface area contributed by atoms with Crippen LogP contribution in [-0.4, -0.2) is 46.3 Å². The smallest absolute Gasteiger partial charge is 0.242 e. The van der Waals surface area contributed by atoms with Gasteiger partial charge in [0.2, 0.25) is 15.9 Å². The zero-order chi connectivity index (χ0) is 14.5. The van der Waals surface area contributed by atoms with Crippen molar-refractivity contribution in [2.24, 2.45) is 0 Å². The van der Waals surface area contributed by atoms with E-state index in [4.69, 9.17) is 0 Å². The maximum absolute atomic E-state index is 11.9. The fraction of sp³-hybridized carbons (Fsp3) is 0.417. The minimum Gasteiger partial charge on any atom is -0.326 e. The Labute approximate surface area is 126 Å². The molecule has 0 fully saturated rings. The van der Waals surface area contributed by atoms with Crippen LogP contribution < -0.4 is 10.6 Å². The van der Waals surface area contributed by atoms with Gasteiger partial charge < -0.3 is 10.6 Å². The van der Waals surface area contributed by atoms with Gasteiger partial charge in [-0.25, -0.2) is 12.7 Å². The molecule has 1 aromatic rings. The molecule has 0 radical (unpaired) electrons. The van der Waals surface area contributed by atoms with Crippen molar-refractivity contribution in [1.82, 2.24) is 9.62 Å². The highest BCUT2D eigenvalue weighted by molar-refractivity contribution is 7.89. The Balaban J connectivity index is 0.00000361. The molecule has 0 aliphatic rings. The van der Waals surface area contributed by atoms with Crippen LogP contribution in [0.2, 0.25) is 0 Å². The van der Waals surface area contributed by atoms with Crippen LogP contribution in [0.25, 0.3) is 0 Å². The molecule has 1 amide bonds. The van der Waals surface area contributed by atoms with E-state index < -0.39 is 10.0 Å². The summed E-state index contributed by atoms with van der Waals surface area (Å²) in [4.78, 5) is 11.7. The summed E-state index contributed by atoms with van der Waals surface area (Å²) in [5, 5.41) is 5.54. The van der Waals surface area contributed by atoms with E-state index in [0.29, 0.717) is 18.7 Å². The number of hydrogen-bond donors (Lipinski definition) is 2. The van der Waals surface area contributed by atoms with Crippen LogP contribution in [0.15, 0.2) is 29.2 Å². The van der Waals surface area contributed by atoms with Crippen molar-refractivity contribution in [3.63, 3.8) is 0 Å². The number of carbonyl (C=O) groups excluding carboxylic acids is 1. The number of rotatable bonds is 6. The summed E-state index contributed by atoms with van der Waals surface area (Å²) in [7, 11) is 1.21. The Morgan fingerprint density at radius 2 is 1.95 bits per heavy atom. The van der Waals surface area contributed by atoms with Gasteiger partial charge in [0, 0.05) is 32.7 Å². The monoisotopic (exact) mass is 321 g/mol. The molecule has 6 nitrogen and oxygen atoms in total. The van der Waals surface area contributed by atoms with Gasteiger partial charge >= 0.3 is 0 Å². The van der Waals surface area contributed by atoms with Gasteiger partial charge in [0.05, 0.1) is 4.90 Å². The van der Waals surface area contributed by atoms with Gasteiger partial charge in [0.25, 0.3) is 0 Å². The highest BCUT2D eigenvalue weighted by Crippen LogP contribution is 2.17. The van der Waals surface area contributed by atoms with Crippen molar-refractivity contribution in [2.45, 2.75) is 11.3 Å². The fourth-order valence-corrected chi connectivity index (χ4v) is 2.36. The van der Waals surface area contributed by atoms with Gasteiger partial charge in [-0.15, -0.1) is 12.4 Å². The number of nitrogens with one attached hydrogen (secondary N) is 2. The third-order valence-electron chi connectivity index (χ3n) is 2.50. The van der Waals surface area contributed by atoms with E-state index in [1.165, 1.54) is 26.2 Å². The van der Waals surface area contributed by atoms with Gasteiger partial charge in [-0.1, -0.05) is 6.07 Å². The second-order valence-corrected chi connectivity index (χ2v) is 6.37. The van der Waals surface area contributed by atoms with E-state index in [0.717, 1.165) is 4.31 Å². The molecule has 20 heavy (non-hydrogen) atoms. The van der Waals surface area contributed by atoms with E-state index in [1.54, 1.807) is 19.2 Å². The predicted molar refractivity (Wildman–Crippen MR) is 81.7 cm³/mol. The van der Waals surface area contributed by atoms with Crippen LogP contribution in [-0.2, 0) is 14.8 Å². The standard InChI is InChI=1S/C12H19N3O3S.ClH/c1-13-8-7-12(16)14-10-5-4-6-11(9-10)19(17,18)15(2)3;/h4-6,9,13H,7-8H2,1-3H3,(H,14,16);1H. The molecular formula is C12H20ClN3O3S. The second-order valence-electron chi connectivity index (χ2n) is 4.22. The van der Waals surface area contributed by atoms with Crippen LogP contribution in [0.1, 0.15) is 6.42 Å². The average Bonchev–Trinajstić information content (AvgIpc) is 2.36. The number of carbonyl (C=O) groups is 1. The first-order valence-electron chi connectivity index (χ1n) is 5.85. The lowest BCUT2D eigenvalue weighted by Gasteiger charge is -2.12. The van der Waals surface area contributed by atoms with Crippen molar-refractivity contribution in [1.29, 1.82) is 0 Å². The topological polar surface area (TPSA) is 78.5 Å². The third-order valence-corrected chi connectivity index (χ3v) is 4.31. The molecule has 8 heteroatoms. The first kappa shape index (κ1) is 18.9. The molecule has 0 spiro atoms. The Kier molecular flexibility index (Phi) is 7.74. The zero-order valence-corrected chi connectivity index (χ0v) is 13.3. The van der Waals surface area contributed by atoms with Gasteiger partial charge in [-0.3, -0.25) is 4.79 Å². The highest BCUT2D eigenvalue weighted by Gasteiger charge is 2.17. The third kappa shape index (κ3) is 5.09.